The van der Waals surface area contributed by atoms with Crippen LogP contribution in [0.15, 0.2) is 18.2 Å². The first-order chi connectivity index (χ1) is 9.97. The van der Waals surface area contributed by atoms with E-state index in [2.05, 4.69) is 5.32 Å². The van der Waals surface area contributed by atoms with Gasteiger partial charge >= 0.3 is 0 Å². The highest BCUT2D eigenvalue weighted by Crippen LogP contribution is 2.23. The number of hydrogen-bond donors (Lipinski definition) is 2. The van der Waals surface area contributed by atoms with Gasteiger partial charge in [0.05, 0.1) is 17.1 Å². The largest absolute Gasteiger partial charge is 0.398 e. The molecule has 0 heterocycles. The molecule has 0 aliphatic carbocycles. The first-order valence-corrected chi connectivity index (χ1v) is 6.90. The molecule has 0 bridgehead atoms. The predicted octanol–water partition coefficient (Wildman–Crippen LogP) is 1.15. The van der Waals surface area contributed by atoms with Crippen LogP contribution in [0.25, 0.3) is 0 Å². The second-order valence-corrected chi connectivity index (χ2v) is 4.97. The molecule has 0 radical (unpaired) electrons. The summed E-state index contributed by atoms with van der Waals surface area (Å²) in [5, 5.41) is 2.98. The molecule has 0 fully saturated rings. The van der Waals surface area contributed by atoms with E-state index < -0.39 is 0 Å². The van der Waals surface area contributed by atoms with Gasteiger partial charge < -0.3 is 20.7 Å². The van der Waals surface area contributed by atoms with Crippen molar-refractivity contribution in [1.82, 2.24) is 10.2 Å². The lowest BCUT2D eigenvalue weighted by molar-refractivity contribution is -0.121. The zero-order valence-electron chi connectivity index (χ0n) is 12.2. The van der Waals surface area contributed by atoms with Gasteiger partial charge in [-0.05, 0) is 18.6 Å². The number of rotatable bonds is 7. The number of nitrogen functional groups attached to an aromatic ring is 1. The number of methoxy groups -OCH3 is 1. The van der Waals surface area contributed by atoms with E-state index in [-0.39, 0.29) is 28.9 Å². The molecule has 0 unspecified atom stereocenters. The maximum atomic E-state index is 12.3. The van der Waals surface area contributed by atoms with Crippen LogP contribution in [0.3, 0.4) is 0 Å². The Morgan fingerprint density at radius 1 is 1.43 bits per heavy atom. The number of carbonyl (C=O) groups is 2. The number of likely N-dealkylation sites (N-methyl/N-ethyl adjacent to an activating group) is 1. The second kappa shape index (κ2) is 8.49. The minimum atomic E-state index is -0.384. The zero-order valence-corrected chi connectivity index (χ0v) is 12.9. The Morgan fingerprint density at radius 2 is 2.14 bits per heavy atom. The van der Waals surface area contributed by atoms with Crippen molar-refractivity contribution in [3.8, 4) is 0 Å². The molecule has 0 atom stereocenters. The molecule has 1 aromatic carbocycles. The van der Waals surface area contributed by atoms with Gasteiger partial charge in [-0.15, -0.1) is 0 Å². The topological polar surface area (TPSA) is 84.7 Å². The molecule has 0 spiro atoms. The summed E-state index contributed by atoms with van der Waals surface area (Å²) < 4.78 is 4.88. The van der Waals surface area contributed by atoms with E-state index in [1.165, 1.54) is 11.9 Å². The van der Waals surface area contributed by atoms with Crippen molar-refractivity contribution in [1.29, 1.82) is 0 Å². The third-order valence-electron chi connectivity index (χ3n) is 2.83. The van der Waals surface area contributed by atoms with Gasteiger partial charge in [0, 0.05) is 33.0 Å². The number of halogens is 1. The minimum absolute atomic E-state index is 0.0590. The number of hydrogen-bond acceptors (Lipinski definition) is 4. The second-order valence-electron chi connectivity index (χ2n) is 4.56. The molecule has 2 amide bonds. The van der Waals surface area contributed by atoms with Gasteiger partial charge in [-0.3, -0.25) is 9.59 Å². The quantitative estimate of drug-likeness (QED) is 0.584. The minimum Gasteiger partial charge on any atom is -0.398 e. The molecule has 0 aliphatic rings. The van der Waals surface area contributed by atoms with E-state index in [1.54, 1.807) is 25.3 Å². The van der Waals surface area contributed by atoms with Crippen molar-refractivity contribution < 1.29 is 14.3 Å². The van der Waals surface area contributed by atoms with Crippen LogP contribution in [-0.4, -0.2) is 50.6 Å². The van der Waals surface area contributed by atoms with Gasteiger partial charge in [-0.25, -0.2) is 0 Å². The number of carbonyl (C=O) groups excluding carboxylic acids is 2. The van der Waals surface area contributed by atoms with E-state index in [9.17, 15) is 9.59 Å². The molecule has 116 valence electrons. The van der Waals surface area contributed by atoms with E-state index >= 15 is 0 Å². The van der Waals surface area contributed by atoms with Gasteiger partial charge in [-0.2, -0.15) is 0 Å². The number of nitrogens with two attached hydrogens (primary N) is 1. The number of amides is 2. The molecule has 3 N–H and O–H groups in total. The molecule has 0 aliphatic heterocycles. The average molecular weight is 314 g/mol. The first kappa shape index (κ1) is 17.3. The fourth-order valence-corrected chi connectivity index (χ4v) is 2.01. The number of anilines is 1. The van der Waals surface area contributed by atoms with Crippen molar-refractivity contribution in [2.24, 2.45) is 0 Å². The van der Waals surface area contributed by atoms with Crippen LogP contribution in [-0.2, 0) is 9.53 Å². The smallest absolute Gasteiger partial charge is 0.257 e. The first-order valence-electron chi connectivity index (χ1n) is 6.52. The summed E-state index contributed by atoms with van der Waals surface area (Å²) in [5.74, 6) is -0.627. The fourth-order valence-electron chi connectivity index (χ4n) is 1.74. The summed E-state index contributed by atoms with van der Waals surface area (Å²) in [5.41, 5.74) is 6.27. The lowest BCUT2D eigenvalue weighted by atomic mass is 10.1. The maximum Gasteiger partial charge on any atom is 0.257 e. The van der Waals surface area contributed by atoms with Gasteiger partial charge in [0.2, 0.25) is 5.91 Å². The predicted molar refractivity (Wildman–Crippen MR) is 82.3 cm³/mol. The molecule has 0 saturated heterocycles. The third kappa shape index (κ3) is 5.24. The molecule has 0 aromatic heterocycles. The molecular formula is C14H20ClN3O3. The Labute approximate surface area is 129 Å². The summed E-state index contributed by atoms with van der Waals surface area (Å²) in [6.07, 6.45) is 0.720. The van der Waals surface area contributed by atoms with Crippen LogP contribution in [0.2, 0.25) is 5.02 Å². The van der Waals surface area contributed by atoms with E-state index in [4.69, 9.17) is 22.1 Å². The standard InChI is InChI=1S/C14H20ClN3O3/c1-18(9-12(19)17-7-4-8-21-2)14(20)13-10(15)5-3-6-11(13)16/h3,5-6H,4,7-9,16H2,1-2H3,(H,17,19). The van der Waals surface area contributed by atoms with E-state index in [1.807, 2.05) is 0 Å². The summed E-state index contributed by atoms with van der Waals surface area (Å²) in [6, 6.07) is 4.85. The van der Waals surface area contributed by atoms with Gasteiger partial charge in [-0.1, -0.05) is 17.7 Å². The van der Waals surface area contributed by atoms with Crippen LogP contribution in [0.4, 0.5) is 5.69 Å². The number of nitrogens with zero attached hydrogens (tertiary/aromatic N) is 1. The van der Waals surface area contributed by atoms with Crippen molar-refractivity contribution in [2.75, 3.05) is 39.6 Å². The molecule has 1 rings (SSSR count). The van der Waals surface area contributed by atoms with E-state index in [0.717, 1.165) is 6.42 Å². The molecule has 0 saturated carbocycles. The Balaban J connectivity index is 2.57. The molecule has 7 heteroatoms. The van der Waals surface area contributed by atoms with Crippen LogP contribution < -0.4 is 11.1 Å². The Bertz CT molecular complexity index is 488. The van der Waals surface area contributed by atoms with Gasteiger partial charge in [0.25, 0.3) is 5.91 Å². The average Bonchev–Trinajstić information content (AvgIpc) is 2.43. The summed E-state index contributed by atoms with van der Waals surface area (Å²) >= 11 is 5.98. The Hall–Kier alpha value is -1.79. The summed E-state index contributed by atoms with van der Waals surface area (Å²) in [4.78, 5) is 25.3. The normalized spacial score (nSPS) is 10.2. The van der Waals surface area contributed by atoms with Crippen LogP contribution in [0, 0.1) is 0 Å². The Morgan fingerprint density at radius 3 is 2.76 bits per heavy atom. The highest BCUT2D eigenvalue weighted by atomic mass is 35.5. The summed E-state index contributed by atoms with van der Waals surface area (Å²) in [7, 11) is 3.13. The lowest BCUT2D eigenvalue weighted by Gasteiger charge is -2.18. The lowest BCUT2D eigenvalue weighted by Crippen LogP contribution is -2.39. The van der Waals surface area contributed by atoms with Crippen LogP contribution >= 0.6 is 11.6 Å². The van der Waals surface area contributed by atoms with Crippen LogP contribution in [0.1, 0.15) is 16.8 Å². The highest BCUT2D eigenvalue weighted by Gasteiger charge is 2.19. The fraction of sp³-hybridized carbons (Fsp3) is 0.429. The molecular weight excluding hydrogens is 294 g/mol. The zero-order chi connectivity index (χ0) is 15.8. The van der Waals surface area contributed by atoms with Gasteiger partial charge in [0.15, 0.2) is 0 Å². The molecule has 6 nitrogen and oxygen atoms in total. The van der Waals surface area contributed by atoms with Crippen molar-refractivity contribution in [3.05, 3.63) is 28.8 Å². The number of nitrogens with one attached hydrogen (secondary N) is 1. The SMILES string of the molecule is COCCCNC(=O)CN(C)C(=O)c1c(N)cccc1Cl. The monoisotopic (exact) mass is 313 g/mol. The van der Waals surface area contributed by atoms with Crippen molar-refractivity contribution >= 4 is 29.1 Å². The van der Waals surface area contributed by atoms with E-state index in [0.29, 0.717) is 18.8 Å². The van der Waals surface area contributed by atoms with Gasteiger partial charge in [0.1, 0.15) is 0 Å². The molecule has 1 aromatic rings. The Kier molecular flexibility index (Phi) is 6.98. The highest BCUT2D eigenvalue weighted by molar-refractivity contribution is 6.34. The van der Waals surface area contributed by atoms with Crippen LogP contribution in [0.5, 0.6) is 0 Å². The third-order valence-corrected chi connectivity index (χ3v) is 3.15. The number of ether oxygens (including phenoxy) is 1. The van der Waals surface area contributed by atoms with Crippen molar-refractivity contribution in [2.45, 2.75) is 6.42 Å². The number of benzene rings is 1. The van der Waals surface area contributed by atoms with Crippen molar-refractivity contribution in [3.63, 3.8) is 0 Å². The maximum absolute atomic E-state index is 12.3. The molecule has 21 heavy (non-hydrogen) atoms. The summed E-state index contributed by atoms with van der Waals surface area (Å²) in [6.45, 7) is 1.02.